The van der Waals surface area contributed by atoms with Crippen molar-refractivity contribution < 1.29 is 0 Å². The molecule has 0 aromatic carbocycles. The van der Waals surface area contributed by atoms with Crippen molar-refractivity contribution in [1.82, 2.24) is 0 Å². The fourth-order valence-electron chi connectivity index (χ4n) is 1.95. The van der Waals surface area contributed by atoms with Crippen molar-refractivity contribution in [1.29, 1.82) is 0 Å². The molecule has 1 aromatic rings. The van der Waals surface area contributed by atoms with Gasteiger partial charge in [-0.15, -0.1) is 11.3 Å². The monoisotopic (exact) mass is 261 g/mol. The molecule has 1 aromatic heterocycles. The summed E-state index contributed by atoms with van der Waals surface area (Å²) in [5.41, 5.74) is 3.10. The first-order valence-electron chi connectivity index (χ1n) is 6.55. The summed E-state index contributed by atoms with van der Waals surface area (Å²) < 4.78 is 0. The van der Waals surface area contributed by atoms with Gasteiger partial charge in [-0.05, 0) is 23.1 Å². The highest BCUT2D eigenvalue weighted by Gasteiger charge is 2.25. The minimum Gasteiger partial charge on any atom is -0.264 e. The van der Waals surface area contributed by atoms with E-state index in [0.29, 0.717) is 0 Å². The standard InChI is InChI=1S/C16H23NS/c1-15(2,3)13-9-11(10-17-13)12-7-8-14(18-12)16(4,5)6/h7-8,10H,9H2,1-6H3. The fraction of sp³-hybridized carbons (Fsp3) is 0.562. The lowest BCUT2D eigenvalue weighted by atomic mass is 9.87. The first-order valence-corrected chi connectivity index (χ1v) is 7.36. The minimum atomic E-state index is 0.183. The molecule has 0 saturated carbocycles. The van der Waals surface area contributed by atoms with E-state index in [1.807, 2.05) is 11.3 Å². The van der Waals surface area contributed by atoms with E-state index in [-0.39, 0.29) is 10.8 Å². The number of aliphatic imine (C=N–C) groups is 1. The van der Waals surface area contributed by atoms with Gasteiger partial charge in [-0.25, -0.2) is 0 Å². The van der Waals surface area contributed by atoms with Crippen molar-refractivity contribution in [2.45, 2.75) is 53.4 Å². The molecule has 2 rings (SSSR count). The molecule has 0 unspecified atom stereocenters. The first kappa shape index (κ1) is 13.5. The summed E-state index contributed by atoms with van der Waals surface area (Å²) in [5, 5.41) is 0. The zero-order valence-corrected chi connectivity index (χ0v) is 13.1. The molecule has 0 atom stereocenters. The molecule has 2 heterocycles. The van der Waals surface area contributed by atoms with Crippen LogP contribution in [0.25, 0.3) is 5.57 Å². The third kappa shape index (κ3) is 2.74. The summed E-state index contributed by atoms with van der Waals surface area (Å²) in [7, 11) is 0. The molecule has 0 fully saturated rings. The predicted molar refractivity (Wildman–Crippen MR) is 82.5 cm³/mol. The Bertz CT molecular complexity index is 504. The average Bonchev–Trinajstić information content (AvgIpc) is 2.84. The minimum absolute atomic E-state index is 0.183. The van der Waals surface area contributed by atoms with Crippen LogP contribution in [0.15, 0.2) is 23.3 Å². The highest BCUT2D eigenvalue weighted by atomic mass is 32.1. The summed E-state index contributed by atoms with van der Waals surface area (Å²) in [4.78, 5) is 7.42. The van der Waals surface area contributed by atoms with Crippen LogP contribution < -0.4 is 0 Å². The Morgan fingerprint density at radius 1 is 1.00 bits per heavy atom. The van der Waals surface area contributed by atoms with Crippen molar-refractivity contribution in [2.24, 2.45) is 10.4 Å². The second-order valence-corrected chi connectivity index (χ2v) is 8.15. The lowest BCUT2D eigenvalue weighted by Crippen LogP contribution is -2.18. The third-order valence-electron chi connectivity index (χ3n) is 3.26. The molecule has 2 heteroatoms. The van der Waals surface area contributed by atoms with Crippen molar-refractivity contribution >= 4 is 22.6 Å². The maximum Gasteiger partial charge on any atom is 0.0324 e. The lowest BCUT2D eigenvalue weighted by molar-refractivity contribution is 0.585. The number of rotatable bonds is 1. The molecule has 98 valence electrons. The molecular weight excluding hydrogens is 238 g/mol. The highest BCUT2D eigenvalue weighted by Crippen LogP contribution is 2.37. The normalized spacial score (nSPS) is 16.8. The summed E-state index contributed by atoms with van der Waals surface area (Å²) in [6.45, 7) is 13.5. The summed E-state index contributed by atoms with van der Waals surface area (Å²) in [6, 6.07) is 4.51. The van der Waals surface area contributed by atoms with E-state index in [1.165, 1.54) is 21.0 Å². The van der Waals surface area contributed by atoms with Crippen molar-refractivity contribution in [3.05, 3.63) is 28.1 Å². The van der Waals surface area contributed by atoms with E-state index in [2.05, 4.69) is 64.9 Å². The Morgan fingerprint density at radius 3 is 2.11 bits per heavy atom. The lowest BCUT2D eigenvalue weighted by Gasteiger charge is -2.18. The van der Waals surface area contributed by atoms with Crippen LogP contribution in [0.2, 0.25) is 0 Å². The zero-order valence-electron chi connectivity index (χ0n) is 12.3. The fourth-order valence-corrected chi connectivity index (χ4v) is 3.02. The zero-order chi connectivity index (χ0) is 13.6. The quantitative estimate of drug-likeness (QED) is 0.652. The molecule has 0 saturated heterocycles. The molecule has 1 aliphatic heterocycles. The van der Waals surface area contributed by atoms with Gasteiger partial charge in [0.2, 0.25) is 0 Å². The Kier molecular flexibility index (Phi) is 3.26. The SMILES string of the molecule is CC(C)(C)C1=NC=C(c2ccc(C(C)(C)C)s2)C1. The van der Waals surface area contributed by atoms with Crippen molar-refractivity contribution in [3.8, 4) is 0 Å². The van der Waals surface area contributed by atoms with Crippen molar-refractivity contribution in [2.75, 3.05) is 0 Å². The Labute approximate surface area is 115 Å². The molecule has 0 amide bonds. The molecule has 0 aliphatic carbocycles. The van der Waals surface area contributed by atoms with Crippen LogP contribution in [0.5, 0.6) is 0 Å². The van der Waals surface area contributed by atoms with E-state index in [9.17, 15) is 0 Å². The topological polar surface area (TPSA) is 12.4 Å². The average molecular weight is 261 g/mol. The van der Waals surface area contributed by atoms with E-state index in [0.717, 1.165) is 6.42 Å². The molecular formula is C16H23NS. The summed E-state index contributed by atoms with van der Waals surface area (Å²) >= 11 is 1.91. The number of nitrogens with zero attached hydrogens (tertiary/aromatic N) is 1. The van der Waals surface area contributed by atoms with Crippen molar-refractivity contribution in [3.63, 3.8) is 0 Å². The number of allylic oxidation sites excluding steroid dienone is 1. The number of hydrogen-bond donors (Lipinski definition) is 0. The van der Waals surface area contributed by atoms with Crippen LogP contribution >= 0.6 is 11.3 Å². The van der Waals surface area contributed by atoms with E-state index in [1.54, 1.807) is 0 Å². The van der Waals surface area contributed by atoms with E-state index < -0.39 is 0 Å². The Morgan fingerprint density at radius 2 is 1.67 bits per heavy atom. The van der Waals surface area contributed by atoms with Gasteiger partial charge in [-0.1, -0.05) is 41.5 Å². The maximum atomic E-state index is 4.60. The van der Waals surface area contributed by atoms with Gasteiger partial charge in [-0.2, -0.15) is 0 Å². The van der Waals surface area contributed by atoms with Crippen LogP contribution in [0.3, 0.4) is 0 Å². The van der Waals surface area contributed by atoms with E-state index >= 15 is 0 Å². The molecule has 1 nitrogen and oxygen atoms in total. The second kappa shape index (κ2) is 4.34. The molecule has 18 heavy (non-hydrogen) atoms. The summed E-state index contributed by atoms with van der Waals surface area (Å²) in [5.74, 6) is 0. The van der Waals surface area contributed by atoms with Crippen LogP contribution in [0.1, 0.15) is 57.7 Å². The van der Waals surface area contributed by atoms with Crippen LogP contribution in [0, 0.1) is 5.41 Å². The Hall–Kier alpha value is -0.890. The number of thiophene rings is 1. The molecule has 0 spiro atoms. The smallest absolute Gasteiger partial charge is 0.0324 e. The summed E-state index contributed by atoms with van der Waals surface area (Å²) in [6.07, 6.45) is 3.06. The van der Waals surface area contributed by atoms with Gasteiger partial charge < -0.3 is 0 Å². The van der Waals surface area contributed by atoms with E-state index in [4.69, 9.17) is 0 Å². The Balaban J connectivity index is 2.16. The van der Waals surface area contributed by atoms with Gasteiger partial charge in [0.05, 0.1) is 0 Å². The maximum absolute atomic E-state index is 4.60. The molecule has 1 aliphatic rings. The predicted octanol–water partition coefficient (Wildman–Crippen LogP) is 5.28. The van der Waals surface area contributed by atoms with Gasteiger partial charge in [0.25, 0.3) is 0 Å². The second-order valence-electron chi connectivity index (χ2n) is 7.07. The first-order chi connectivity index (χ1) is 8.18. The highest BCUT2D eigenvalue weighted by molar-refractivity contribution is 7.13. The van der Waals surface area contributed by atoms with Crippen LogP contribution in [-0.4, -0.2) is 5.71 Å². The third-order valence-corrected chi connectivity index (χ3v) is 4.85. The molecule has 0 radical (unpaired) electrons. The van der Waals surface area contributed by atoms with Gasteiger partial charge in [0, 0.05) is 33.5 Å². The molecule has 0 bridgehead atoms. The van der Waals surface area contributed by atoms with Gasteiger partial charge in [0.1, 0.15) is 0 Å². The van der Waals surface area contributed by atoms with Crippen LogP contribution in [0.4, 0.5) is 0 Å². The largest absolute Gasteiger partial charge is 0.264 e. The molecule has 0 N–H and O–H groups in total. The van der Waals surface area contributed by atoms with Gasteiger partial charge in [0.15, 0.2) is 0 Å². The van der Waals surface area contributed by atoms with Gasteiger partial charge in [-0.3, -0.25) is 4.99 Å². The number of hydrogen-bond acceptors (Lipinski definition) is 2. The van der Waals surface area contributed by atoms with Crippen LogP contribution in [-0.2, 0) is 5.41 Å². The van der Waals surface area contributed by atoms with Gasteiger partial charge >= 0.3 is 0 Å².